The third-order valence-corrected chi connectivity index (χ3v) is 4.16. The monoisotopic (exact) mass is 318 g/mol. The van der Waals surface area contributed by atoms with E-state index in [1.807, 2.05) is 6.07 Å². The van der Waals surface area contributed by atoms with Gasteiger partial charge in [-0.05, 0) is 12.1 Å². The third-order valence-electron chi connectivity index (χ3n) is 3.28. The van der Waals surface area contributed by atoms with Gasteiger partial charge in [0.05, 0.1) is 18.7 Å². The summed E-state index contributed by atoms with van der Waals surface area (Å²) in [6.07, 6.45) is 2.95. The van der Waals surface area contributed by atoms with Crippen LogP contribution in [-0.2, 0) is 27.5 Å². The fraction of sp³-hybridized carbons (Fsp3) is 0.231. The number of rotatable bonds is 3. The maximum absolute atomic E-state index is 12.2. The van der Waals surface area contributed by atoms with Gasteiger partial charge in [0.15, 0.2) is 0 Å². The standard InChI is InChI=1S/C13H14N6O2S/c1-22(15,21)13-17-11(14)9-6-10(20)19(12(9)18-13)7-8-4-2-3-5-16-8/h2-5,15H,6-7H2,1H3,(H2,14,17,18). The van der Waals surface area contributed by atoms with Crippen LogP contribution in [0.15, 0.2) is 29.6 Å². The Morgan fingerprint density at radius 2 is 2.18 bits per heavy atom. The molecule has 3 N–H and O–H groups in total. The van der Waals surface area contributed by atoms with Crippen molar-refractivity contribution in [3.8, 4) is 0 Å². The van der Waals surface area contributed by atoms with Gasteiger partial charge in [0.1, 0.15) is 21.4 Å². The highest BCUT2D eigenvalue weighted by atomic mass is 32.2. The van der Waals surface area contributed by atoms with E-state index in [0.717, 1.165) is 0 Å². The number of nitrogens with zero attached hydrogens (tertiary/aromatic N) is 4. The number of anilines is 2. The van der Waals surface area contributed by atoms with Gasteiger partial charge in [0.25, 0.3) is 0 Å². The summed E-state index contributed by atoms with van der Waals surface area (Å²) in [5, 5.41) is -0.163. The van der Waals surface area contributed by atoms with Crippen LogP contribution in [0, 0.1) is 4.78 Å². The zero-order valence-electron chi connectivity index (χ0n) is 11.8. The highest BCUT2D eigenvalue weighted by Crippen LogP contribution is 2.32. The number of nitrogens with two attached hydrogens (primary N) is 1. The molecule has 2 aromatic rings. The highest BCUT2D eigenvalue weighted by molar-refractivity contribution is 7.91. The molecule has 1 amide bonds. The van der Waals surface area contributed by atoms with E-state index in [2.05, 4.69) is 15.0 Å². The number of amides is 1. The maximum atomic E-state index is 12.2. The molecule has 1 atom stereocenters. The van der Waals surface area contributed by atoms with E-state index in [0.29, 0.717) is 17.1 Å². The second-order valence-electron chi connectivity index (χ2n) is 5.01. The van der Waals surface area contributed by atoms with Crippen molar-refractivity contribution in [1.82, 2.24) is 15.0 Å². The molecular formula is C13H14N6O2S. The van der Waals surface area contributed by atoms with Crippen molar-refractivity contribution >= 4 is 27.3 Å². The highest BCUT2D eigenvalue weighted by Gasteiger charge is 2.33. The Kier molecular flexibility index (Phi) is 3.28. The zero-order valence-corrected chi connectivity index (χ0v) is 12.6. The minimum Gasteiger partial charge on any atom is -0.383 e. The summed E-state index contributed by atoms with van der Waals surface area (Å²) < 4.78 is 19.5. The molecule has 22 heavy (non-hydrogen) atoms. The number of nitrogen functional groups attached to an aromatic ring is 1. The Balaban J connectivity index is 2.06. The van der Waals surface area contributed by atoms with Crippen LogP contribution in [0.4, 0.5) is 11.6 Å². The van der Waals surface area contributed by atoms with Crippen molar-refractivity contribution < 1.29 is 9.00 Å². The van der Waals surface area contributed by atoms with Crippen LogP contribution in [-0.4, -0.2) is 31.3 Å². The van der Waals surface area contributed by atoms with E-state index < -0.39 is 9.73 Å². The third kappa shape index (κ3) is 2.50. The fourth-order valence-corrected chi connectivity index (χ4v) is 2.75. The van der Waals surface area contributed by atoms with Crippen LogP contribution in [0.25, 0.3) is 0 Å². The first-order valence-electron chi connectivity index (χ1n) is 6.46. The Bertz CT molecular complexity index is 850. The minimum atomic E-state index is -3.12. The molecule has 0 aromatic carbocycles. The number of nitrogens with one attached hydrogen (secondary N) is 1. The van der Waals surface area contributed by atoms with Gasteiger partial charge in [-0.3, -0.25) is 14.7 Å². The average molecular weight is 318 g/mol. The molecular weight excluding hydrogens is 304 g/mol. The summed E-state index contributed by atoms with van der Waals surface area (Å²) in [7, 11) is -3.12. The molecule has 0 aliphatic carbocycles. The lowest BCUT2D eigenvalue weighted by atomic mass is 10.2. The normalized spacial score (nSPS) is 16.4. The Labute approximate surface area is 127 Å². The molecule has 1 aliphatic rings. The van der Waals surface area contributed by atoms with Gasteiger partial charge >= 0.3 is 0 Å². The second-order valence-corrected chi connectivity index (χ2v) is 7.07. The van der Waals surface area contributed by atoms with E-state index in [1.165, 1.54) is 11.2 Å². The molecule has 9 heteroatoms. The van der Waals surface area contributed by atoms with E-state index in [4.69, 9.17) is 10.5 Å². The van der Waals surface area contributed by atoms with Crippen molar-refractivity contribution in [3.63, 3.8) is 0 Å². The Morgan fingerprint density at radius 3 is 2.82 bits per heavy atom. The summed E-state index contributed by atoms with van der Waals surface area (Å²) in [6, 6.07) is 5.41. The lowest BCUT2D eigenvalue weighted by Crippen LogP contribution is -2.27. The predicted molar refractivity (Wildman–Crippen MR) is 80.6 cm³/mol. The van der Waals surface area contributed by atoms with Crippen molar-refractivity contribution in [2.24, 2.45) is 0 Å². The van der Waals surface area contributed by atoms with E-state index in [1.54, 1.807) is 18.3 Å². The topological polar surface area (TPSA) is 126 Å². The van der Waals surface area contributed by atoms with Crippen molar-refractivity contribution in [3.05, 3.63) is 35.7 Å². The molecule has 114 valence electrons. The second kappa shape index (κ2) is 5.02. The fourth-order valence-electron chi connectivity index (χ4n) is 2.22. The molecule has 0 fully saturated rings. The molecule has 3 heterocycles. The van der Waals surface area contributed by atoms with E-state index >= 15 is 0 Å². The number of pyridine rings is 1. The lowest BCUT2D eigenvalue weighted by molar-refractivity contribution is -0.117. The first-order chi connectivity index (χ1) is 10.4. The van der Waals surface area contributed by atoms with E-state index in [9.17, 15) is 9.00 Å². The van der Waals surface area contributed by atoms with Crippen LogP contribution < -0.4 is 10.6 Å². The van der Waals surface area contributed by atoms with Crippen molar-refractivity contribution in [2.75, 3.05) is 16.9 Å². The summed E-state index contributed by atoms with van der Waals surface area (Å²) in [5.74, 6) is 0.241. The molecule has 2 aromatic heterocycles. The molecule has 0 radical (unpaired) electrons. The zero-order chi connectivity index (χ0) is 15.9. The number of aromatic nitrogens is 3. The smallest absolute Gasteiger partial charge is 0.233 e. The van der Waals surface area contributed by atoms with Crippen LogP contribution >= 0.6 is 0 Å². The van der Waals surface area contributed by atoms with Gasteiger partial charge in [0, 0.05) is 18.0 Å². The molecule has 3 rings (SSSR count). The van der Waals surface area contributed by atoms with E-state index in [-0.39, 0.29) is 29.8 Å². The molecule has 0 saturated carbocycles. The van der Waals surface area contributed by atoms with Gasteiger partial charge in [0.2, 0.25) is 11.1 Å². The van der Waals surface area contributed by atoms with Crippen LogP contribution in [0.2, 0.25) is 0 Å². The number of carbonyl (C=O) groups is 1. The first-order valence-corrected chi connectivity index (χ1v) is 8.43. The number of carbonyl (C=O) groups excluding carboxylic acids is 1. The quantitative estimate of drug-likeness (QED) is 0.797. The number of fused-ring (bicyclic) bond motifs is 1. The SMILES string of the molecule is CS(=N)(=O)c1nc(N)c2c(n1)N(Cc1ccccn1)C(=O)C2. The number of hydrogen-bond acceptors (Lipinski definition) is 7. The number of hydrogen-bond donors (Lipinski definition) is 2. The van der Waals surface area contributed by atoms with Crippen LogP contribution in [0.1, 0.15) is 11.3 Å². The Hall–Kier alpha value is -2.55. The maximum Gasteiger partial charge on any atom is 0.233 e. The van der Waals surface area contributed by atoms with Crippen molar-refractivity contribution in [2.45, 2.75) is 18.1 Å². The summed E-state index contributed by atoms with van der Waals surface area (Å²) in [4.78, 5) is 25.9. The summed E-state index contributed by atoms with van der Waals surface area (Å²) in [5.41, 5.74) is 7.04. The largest absolute Gasteiger partial charge is 0.383 e. The molecule has 1 unspecified atom stereocenters. The molecule has 8 nitrogen and oxygen atoms in total. The molecule has 1 aliphatic heterocycles. The molecule has 0 saturated heterocycles. The summed E-state index contributed by atoms with van der Waals surface area (Å²) in [6.45, 7) is 0.242. The molecule has 0 spiro atoms. The van der Waals surface area contributed by atoms with Gasteiger partial charge in [-0.15, -0.1) is 0 Å². The van der Waals surface area contributed by atoms with Crippen LogP contribution in [0.5, 0.6) is 0 Å². The van der Waals surface area contributed by atoms with Crippen LogP contribution in [0.3, 0.4) is 0 Å². The molecule has 0 bridgehead atoms. The Morgan fingerprint density at radius 1 is 1.41 bits per heavy atom. The van der Waals surface area contributed by atoms with Gasteiger partial charge < -0.3 is 5.73 Å². The van der Waals surface area contributed by atoms with Crippen molar-refractivity contribution in [1.29, 1.82) is 4.78 Å². The van der Waals surface area contributed by atoms with Gasteiger partial charge in [-0.2, -0.15) is 0 Å². The van der Waals surface area contributed by atoms with Gasteiger partial charge in [-0.25, -0.2) is 19.0 Å². The van der Waals surface area contributed by atoms with Gasteiger partial charge in [-0.1, -0.05) is 6.07 Å². The predicted octanol–water partition coefficient (Wildman–Crippen LogP) is 0.579. The minimum absolute atomic E-state index is 0.0944. The first kappa shape index (κ1) is 14.4. The lowest BCUT2D eigenvalue weighted by Gasteiger charge is -2.16. The average Bonchev–Trinajstić information content (AvgIpc) is 2.77. The summed E-state index contributed by atoms with van der Waals surface area (Å²) >= 11 is 0.